The maximum absolute atomic E-state index is 14.1. The lowest BCUT2D eigenvalue weighted by Gasteiger charge is -2.42. The monoisotopic (exact) mass is 411 g/mol. The molecule has 2 aliphatic rings. The van der Waals surface area contributed by atoms with Gasteiger partial charge in [-0.2, -0.15) is 23.3 Å². The number of benzene rings is 1. The van der Waals surface area contributed by atoms with Crippen LogP contribution in [0.2, 0.25) is 0 Å². The third-order valence-corrected chi connectivity index (χ3v) is 6.17. The van der Waals surface area contributed by atoms with Gasteiger partial charge in [0.2, 0.25) is 0 Å². The number of hydrogen-bond acceptors (Lipinski definition) is 4. The molecule has 1 heterocycles. The second kappa shape index (κ2) is 7.00. The number of aliphatic hydroxyl groups is 1. The van der Waals surface area contributed by atoms with E-state index in [0.717, 1.165) is 5.69 Å². The van der Waals surface area contributed by atoms with Crippen LogP contribution in [0.25, 0.3) is 0 Å². The summed E-state index contributed by atoms with van der Waals surface area (Å²) in [5.41, 5.74) is -2.42. The van der Waals surface area contributed by atoms with Crippen LogP contribution in [0.4, 0.5) is 18.9 Å². The third-order valence-electron chi connectivity index (χ3n) is 6.17. The number of fused-ring (bicyclic) bond motifs is 1. The number of carbonyl (C=O) groups is 1. The van der Waals surface area contributed by atoms with Gasteiger partial charge in [0.25, 0.3) is 11.6 Å². The van der Waals surface area contributed by atoms with Gasteiger partial charge in [-0.3, -0.25) is 4.79 Å². The molecular weight excluding hydrogens is 383 g/mol. The quantitative estimate of drug-likeness (QED) is 0.790. The van der Waals surface area contributed by atoms with Gasteiger partial charge in [0.15, 0.2) is 0 Å². The second-order valence-corrected chi connectivity index (χ2v) is 9.26. The Balaban J connectivity index is 1.98. The van der Waals surface area contributed by atoms with E-state index in [1.54, 1.807) is 12.1 Å². The number of nitrogens with zero attached hydrogens (tertiary/aromatic N) is 3. The minimum Gasteiger partial charge on any atom is -0.378 e. The van der Waals surface area contributed by atoms with Crippen LogP contribution in [-0.2, 0) is 0 Å². The molecule has 0 saturated heterocycles. The highest BCUT2D eigenvalue weighted by Gasteiger charge is 2.69. The summed E-state index contributed by atoms with van der Waals surface area (Å²) >= 11 is 0. The van der Waals surface area contributed by atoms with Crippen molar-refractivity contribution in [3.05, 3.63) is 29.8 Å². The van der Waals surface area contributed by atoms with Gasteiger partial charge in [-0.05, 0) is 54.9 Å². The topological polar surface area (TPSA) is 56.1 Å². The Kier molecular flexibility index (Phi) is 5.22. The number of alkyl halides is 3. The minimum absolute atomic E-state index is 0.00486. The summed E-state index contributed by atoms with van der Waals surface area (Å²) in [6.07, 6.45) is -3.86. The van der Waals surface area contributed by atoms with Crippen LogP contribution in [0, 0.1) is 17.3 Å². The molecule has 0 bridgehead atoms. The highest BCUT2D eigenvalue weighted by Crippen LogP contribution is 2.52. The summed E-state index contributed by atoms with van der Waals surface area (Å²) in [7, 11) is 3.64. The Bertz CT molecular complexity index is 812. The molecule has 3 atom stereocenters. The first kappa shape index (κ1) is 21.6. The van der Waals surface area contributed by atoms with Crippen LogP contribution in [0.15, 0.2) is 29.4 Å². The van der Waals surface area contributed by atoms with E-state index in [1.165, 1.54) is 12.1 Å². The highest BCUT2D eigenvalue weighted by molar-refractivity contribution is 5.99. The number of rotatable bonds is 2. The molecule has 29 heavy (non-hydrogen) atoms. The van der Waals surface area contributed by atoms with Gasteiger partial charge >= 0.3 is 6.18 Å². The fourth-order valence-electron chi connectivity index (χ4n) is 4.23. The van der Waals surface area contributed by atoms with Crippen molar-refractivity contribution < 1.29 is 23.1 Å². The average Bonchev–Trinajstić information content (AvgIpc) is 2.94. The molecule has 160 valence electrons. The molecule has 1 aromatic rings. The molecule has 1 saturated carbocycles. The zero-order valence-corrected chi connectivity index (χ0v) is 17.4. The van der Waals surface area contributed by atoms with E-state index < -0.39 is 23.7 Å². The first-order valence-corrected chi connectivity index (χ1v) is 9.75. The Morgan fingerprint density at radius 3 is 2.28 bits per heavy atom. The highest BCUT2D eigenvalue weighted by atomic mass is 19.4. The number of hydrogen-bond donors (Lipinski definition) is 1. The molecule has 8 heteroatoms. The molecule has 1 aromatic carbocycles. The lowest BCUT2D eigenvalue weighted by atomic mass is 9.66. The van der Waals surface area contributed by atoms with Crippen LogP contribution in [0.3, 0.4) is 0 Å². The normalized spacial score (nSPS) is 27.5. The Labute approximate surface area is 169 Å². The lowest BCUT2D eigenvalue weighted by molar-refractivity contribution is -0.314. The molecule has 1 fully saturated rings. The van der Waals surface area contributed by atoms with E-state index in [0.29, 0.717) is 12.8 Å². The maximum atomic E-state index is 14.1. The molecule has 1 aliphatic heterocycles. The van der Waals surface area contributed by atoms with Crippen molar-refractivity contribution in [3.63, 3.8) is 0 Å². The summed E-state index contributed by atoms with van der Waals surface area (Å²) in [6, 6.07) is 6.20. The SMILES string of the molecule is CN(C)c1ccc(C(=O)N2N=C3CC[C@H](C(C)(C)C)C[C@@H]3[C@]2(O)C(F)(F)F)cc1. The van der Waals surface area contributed by atoms with Crippen LogP contribution in [0.5, 0.6) is 0 Å². The van der Waals surface area contributed by atoms with Crippen molar-refractivity contribution in [1.82, 2.24) is 5.01 Å². The van der Waals surface area contributed by atoms with E-state index in [9.17, 15) is 23.1 Å². The fraction of sp³-hybridized carbons (Fsp3) is 0.619. The fourth-order valence-corrected chi connectivity index (χ4v) is 4.23. The van der Waals surface area contributed by atoms with Gasteiger partial charge in [0.1, 0.15) is 0 Å². The molecule has 0 aromatic heterocycles. The Morgan fingerprint density at radius 2 is 1.79 bits per heavy atom. The summed E-state index contributed by atoms with van der Waals surface area (Å²) in [4.78, 5) is 14.8. The Morgan fingerprint density at radius 1 is 1.21 bits per heavy atom. The maximum Gasteiger partial charge on any atom is 0.439 e. The lowest BCUT2D eigenvalue weighted by Crippen LogP contribution is -2.62. The first-order valence-electron chi connectivity index (χ1n) is 9.75. The first-order chi connectivity index (χ1) is 13.3. The van der Waals surface area contributed by atoms with E-state index in [-0.39, 0.29) is 34.0 Å². The molecule has 0 unspecified atom stereocenters. The minimum atomic E-state index is -5.03. The summed E-state index contributed by atoms with van der Waals surface area (Å²) in [5, 5.41) is 15.2. The number of anilines is 1. The van der Waals surface area contributed by atoms with Crippen LogP contribution in [0.1, 0.15) is 50.4 Å². The number of carbonyl (C=O) groups excluding carboxylic acids is 1. The molecule has 3 rings (SSSR count). The molecule has 1 N–H and O–H groups in total. The predicted octanol–water partition coefficient (Wildman–Crippen LogP) is 4.28. The van der Waals surface area contributed by atoms with Crippen molar-refractivity contribution in [1.29, 1.82) is 0 Å². The predicted molar refractivity (Wildman–Crippen MR) is 106 cm³/mol. The summed E-state index contributed by atoms with van der Waals surface area (Å²) in [5.74, 6) is -2.20. The van der Waals surface area contributed by atoms with Crippen molar-refractivity contribution in [2.45, 2.75) is 51.9 Å². The summed E-state index contributed by atoms with van der Waals surface area (Å²) in [6.45, 7) is 5.95. The largest absolute Gasteiger partial charge is 0.439 e. The molecular formula is C21H28F3N3O2. The van der Waals surface area contributed by atoms with Gasteiger partial charge in [-0.15, -0.1) is 0 Å². The van der Waals surface area contributed by atoms with Crippen molar-refractivity contribution in [3.8, 4) is 0 Å². The van der Waals surface area contributed by atoms with Crippen LogP contribution >= 0.6 is 0 Å². The third kappa shape index (κ3) is 3.63. The van der Waals surface area contributed by atoms with E-state index in [4.69, 9.17) is 0 Å². The molecule has 1 aliphatic carbocycles. The van der Waals surface area contributed by atoms with Gasteiger partial charge in [-0.1, -0.05) is 20.8 Å². The molecule has 0 radical (unpaired) electrons. The number of halogens is 3. The van der Waals surface area contributed by atoms with Crippen molar-refractivity contribution >= 4 is 17.3 Å². The van der Waals surface area contributed by atoms with E-state index in [1.807, 2.05) is 39.8 Å². The smallest absolute Gasteiger partial charge is 0.378 e. The number of hydrazone groups is 1. The average molecular weight is 411 g/mol. The van der Waals surface area contributed by atoms with Crippen molar-refractivity contribution in [2.75, 3.05) is 19.0 Å². The van der Waals surface area contributed by atoms with E-state index in [2.05, 4.69) is 5.10 Å². The molecule has 0 spiro atoms. The second-order valence-electron chi connectivity index (χ2n) is 9.26. The zero-order chi connectivity index (χ0) is 21.8. The van der Waals surface area contributed by atoms with Gasteiger partial charge in [0, 0.05) is 31.1 Å². The van der Waals surface area contributed by atoms with Crippen LogP contribution in [-0.4, -0.2) is 47.7 Å². The zero-order valence-electron chi connectivity index (χ0n) is 17.4. The summed E-state index contributed by atoms with van der Waals surface area (Å²) < 4.78 is 42.3. The Hall–Kier alpha value is -2.09. The standard InChI is InChI=1S/C21H28F3N3O2/c1-19(2,3)14-8-11-17-16(12-14)20(29,21(22,23)24)27(25-17)18(28)13-6-9-15(10-7-13)26(4)5/h6-7,9-10,14,16,29H,8,11-12H2,1-5H3/t14-,16-,20-/m0/s1. The van der Waals surface area contributed by atoms with Gasteiger partial charge in [0.05, 0.1) is 5.92 Å². The van der Waals surface area contributed by atoms with Gasteiger partial charge < -0.3 is 10.0 Å². The molecule has 1 amide bonds. The van der Waals surface area contributed by atoms with Crippen molar-refractivity contribution in [2.24, 2.45) is 22.4 Å². The molecule has 5 nitrogen and oxygen atoms in total. The van der Waals surface area contributed by atoms with E-state index >= 15 is 0 Å². The van der Waals surface area contributed by atoms with Gasteiger partial charge in [-0.25, -0.2) is 0 Å². The van der Waals surface area contributed by atoms with Crippen LogP contribution < -0.4 is 4.90 Å². The number of amides is 1.